The van der Waals surface area contributed by atoms with Crippen LogP contribution in [0.2, 0.25) is 10.6 Å². The largest absolute Gasteiger partial charge is 0.491 e. The summed E-state index contributed by atoms with van der Waals surface area (Å²) in [7, 11) is 0. The first-order valence-electron chi connectivity index (χ1n) is 11.4. The molecule has 0 bridgehead atoms. The Hall–Kier alpha value is -2.41. The molecule has 0 N–H and O–H groups in total. The maximum atomic E-state index is 13.1. The molecule has 0 aromatic heterocycles. The number of ether oxygens (including phenoxy) is 2. The lowest BCUT2D eigenvalue weighted by Gasteiger charge is -2.04. The Morgan fingerprint density at radius 2 is 1.39 bits per heavy atom. The van der Waals surface area contributed by atoms with Gasteiger partial charge in [0.15, 0.2) is 29.4 Å². The van der Waals surface area contributed by atoms with Gasteiger partial charge in [0, 0.05) is 0 Å². The van der Waals surface area contributed by atoms with E-state index in [9.17, 15) is 13.6 Å². The Bertz CT molecular complexity index is 859. The van der Waals surface area contributed by atoms with E-state index in [1.54, 1.807) is 32.0 Å². The van der Waals surface area contributed by atoms with E-state index in [-0.39, 0.29) is 22.6 Å². The lowest BCUT2D eigenvalue weighted by molar-refractivity contribution is 0.111. The van der Waals surface area contributed by atoms with Crippen LogP contribution in [0, 0.1) is 34.8 Å². The molecule has 180 valence electrons. The quantitative estimate of drug-likeness (QED) is 0.299. The molecule has 2 aromatic rings. The second-order valence-electron chi connectivity index (χ2n) is 8.09. The Morgan fingerprint density at radius 1 is 0.909 bits per heavy atom. The van der Waals surface area contributed by atoms with E-state index in [1.165, 1.54) is 34.8 Å². The predicted molar refractivity (Wildman–Crippen MR) is 132 cm³/mol. The minimum atomic E-state index is -0.589. The molecule has 0 amide bonds. The van der Waals surface area contributed by atoms with Crippen molar-refractivity contribution < 1.29 is 23.0 Å². The first kappa shape index (κ1) is 30.6. The van der Waals surface area contributed by atoms with Gasteiger partial charge < -0.3 is 9.47 Å². The van der Waals surface area contributed by atoms with Crippen molar-refractivity contribution in [1.29, 1.82) is 5.26 Å². The van der Waals surface area contributed by atoms with Crippen molar-refractivity contribution in [2.24, 2.45) is 11.8 Å². The molecule has 0 saturated carbocycles. The number of hydrogen-bond donors (Lipinski definition) is 0. The third-order valence-corrected chi connectivity index (χ3v) is 7.49. The number of carbonyl (C=O) groups excluding carboxylic acids is 1. The van der Waals surface area contributed by atoms with Gasteiger partial charge in [-0.05, 0) is 38.1 Å². The van der Waals surface area contributed by atoms with Crippen molar-refractivity contribution in [3.05, 3.63) is 59.2 Å². The monoisotopic (exact) mass is 475 g/mol. The molecular weight excluding hydrogens is 439 g/mol. The summed E-state index contributed by atoms with van der Waals surface area (Å²) in [5.74, 6) is 1.00. The second kappa shape index (κ2) is 18.1. The molecule has 0 atom stereocenters. The Morgan fingerprint density at radius 3 is 1.82 bits per heavy atom. The van der Waals surface area contributed by atoms with Gasteiger partial charge in [-0.3, -0.25) is 4.79 Å². The first-order chi connectivity index (χ1) is 15.7. The smallest absolute Gasteiger partial charge is 0.237 e. The maximum absolute atomic E-state index is 13.1. The van der Waals surface area contributed by atoms with E-state index in [1.807, 2.05) is 0 Å². The molecule has 0 unspecified atom stereocenters. The highest BCUT2D eigenvalue weighted by atomic mass is 27.1. The fourth-order valence-corrected chi connectivity index (χ4v) is 4.55. The number of rotatable bonds is 9. The van der Waals surface area contributed by atoms with Crippen LogP contribution in [-0.2, 0) is 0 Å². The summed E-state index contributed by atoms with van der Waals surface area (Å²) in [5.41, 5.74) is 0.0434. The fraction of sp³-hybridized carbons (Fsp3) is 0.462. The normalized spacial score (nSPS) is 9.73. The molecule has 0 aliphatic rings. The summed E-state index contributed by atoms with van der Waals surface area (Å²) >= 11 is 0.316. The zero-order chi connectivity index (χ0) is 25.2. The highest BCUT2D eigenvalue weighted by molar-refractivity contribution is 6.35. The van der Waals surface area contributed by atoms with Crippen molar-refractivity contribution in [3.8, 4) is 17.6 Å². The van der Waals surface area contributed by atoms with Crippen LogP contribution in [0.25, 0.3) is 0 Å². The number of benzene rings is 2. The molecule has 7 heteroatoms. The average Bonchev–Trinajstić information content (AvgIpc) is 2.77. The van der Waals surface area contributed by atoms with Crippen LogP contribution >= 0.6 is 0 Å². The van der Waals surface area contributed by atoms with E-state index in [0.29, 0.717) is 34.7 Å². The molecule has 2 rings (SSSR count). The minimum absolute atomic E-state index is 0.0148. The zero-order valence-electron chi connectivity index (χ0n) is 20.7. The second-order valence-corrected chi connectivity index (χ2v) is 9.95. The summed E-state index contributed by atoms with van der Waals surface area (Å²) in [4.78, 5) is 10.3. The minimum Gasteiger partial charge on any atom is -0.491 e. The standard InChI is InChI=1S/C9H8FNO.C9H9FO2.2C4H9.Al.H/c2*1-2-12-8-5-3-4-7(6-11)9(8)10;2*1-4(2)3;;/h3-5H,2H2,1H3;3-6H,2H2,1H3;2*4H,1H2,2-3H3;;. The zero-order valence-corrected chi connectivity index (χ0v) is 22.1. The van der Waals surface area contributed by atoms with Crippen molar-refractivity contribution >= 4 is 21.5 Å². The number of nitrogens with zero attached hydrogens (tertiary/aromatic N) is 1. The molecule has 0 saturated heterocycles. The number of halogens is 2. The highest BCUT2D eigenvalue weighted by Gasteiger charge is 2.07. The van der Waals surface area contributed by atoms with Crippen LogP contribution in [0.15, 0.2) is 36.4 Å². The first-order valence-corrected chi connectivity index (χ1v) is 13.4. The van der Waals surface area contributed by atoms with Crippen LogP contribution in [0.3, 0.4) is 0 Å². The van der Waals surface area contributed by atoms with Gasteiger partial charge in [-0.2, -0.15) is 5.26 Å². The Kier molecular flexibility index (Phi) is 16.7. The van der Waals surface area contributed by atoms with Gasteiger partial charge in [-0.1, -0.05) is 62.2 Å². The van der Waals surface area contributed by atoms with Gasteiger partial charge in [-0.25, -0.2) is 8.78 Å². The molecule has 2 aromatic carbocycles. The van der Waals surface area contributed by atoms with Gasteiger partial charge in [-0.15, -0.1) is 0 Å². The highest BCUT2D eigenvalue weighted by Crippen LogP contribution is 2.20. The lowest BCUT2D eigenvalue weighted by atomic mass is 10.2. The molecule has 0 aliphatic heterocycles. The molecule has 0 aliphatic carbocycles. The van der Waals surface area contributed by atoms with Crippen molar-refractivity contribution in [1.82, 2.24) is 0 Å². The van der Waals surface area contributed by atoms with Gasteiger partial charge in [0.05, 0.1) is 24.3 Å². The molecule has 4 nitrogen and oxygen atoms in total. The van der Waals surface area contributed by atoms with Crippen LogP contribution in [0.5, 0.6) is 11.5 Å². The molecular formula is C26H36AlF2NO3. The van der Waals surface area contributed by atoms with E-state index in [4.69, 9.17) is 14.7 Å². The SMILES string of the molecule is CC(C)[CH2][AlH][CH2]C(C)C.CCOc1cccc(C#N)c1F.CCOc1cccc(C=O)c1F. The van der Waals surface area contributed by atoms with Crippen LogP contribution in [-0.4, -0.2) is 34.7 Å². The molecule has 0 radical (unpaired) electrons. The van der Waals surface area contributed by atoms with Crippen molar-refractivity contribution in [2.45, 2.75) is 52.1 Å². The molecule has 0 fully saturated rings. The average molecular weight is 476 g/mol. The molecule has 0 spiro atoms. The Labute approximate surface area is 203 Å². The summed E-state index contributed by atoms with van der Waals surface area (Å²) in [6.45, 7) is 13.6. The number of nitriles is 1. The number of carbonyl (C=O) groups is 1. The van der Waals surface area contributed by atoms with Crippen LogP contribution in [0.4, 0.5) is 8.78 Å². The third kappa shape index (κ3) is 13.0. The Balaban J connectivity index is 0.000000472. The summed E-state index contributed by atoms with van der Waals surface area (Å²) in [5, 5.41) is 11.5. The summed E-state index contributed by atoms with van der Waals surface area (Å²) in [6.07, 6.45) is 0.470. The van der Waals surface area contributed by atoms with Gasteiger partial charge in [0.2, 0.25) is 15.2 Å². The number of hydrogen-bond acceptors (Lipinski definition) is 4. The molecule has 33 heavy (non-hydrogen) atoms. The summed E-state index contributed by atoms with van der Waals surface area (Å²) < 4.78 is 36.1. The third-order valence-electron chi connectivity index (χ3n) is 4.37. The van der Waals surface area contributed by atoms with E-state index in [2.05, 4.69) is 27.7 Å². The topological polar surface area (TPSA) is 59.3 Å². The fourth-order valence-electron chi connectivity index (χ4n) is 2.68. The van der Waals surface area contributed by atoms with Crippen molar-refractivity contribution in [2.75, 3.05) is 13.2 Å². The number of aldehydes is 1. The lowest BCUT2D eigenvalue weighted by Crippen LogP contribution is -1.99. The van der Waals surface area contributed by atoms with Crippen molar-refractivity contribution in [3.63, 3.8) is 0 Å². The van der Waals surface area contributed by atoms with Gasteiger partial charge in [0.25, 0.3) is 0 Å². The predicted octanol–water partition coefficient (Wildman–Crippen LogP) is 6.70. The van der Waals surface area contributed by atoms with E-state index in [0.717, 1.165) is 11.8 Å². The molecule has 0 heterocycles. The van der Waals surface area contributed by atoms with Crippen LogP contribution in [0.1, 0.15) is 57.5 Å². The van der Waals surface area contributed by atoms with E-state index < -0.39 is 11.6 Å². The van der Waals surface area contributed by atoms with Gasteiger partial charge >= 0.3 is 0 Å². The maximum Gasteiger partial charge on any atom is 0.237 e. The van der Waals surface area contributed by atoms with E-state index >= 15 is 0 Å². The summed E-state index contributed by atoms with van der Waals surface area (Å²) in [6, 6.07) is 10.7. The van der Waals surface area contributed by atoms with Gasteiger partial charge in [0.1, 0.15) is 6.07 Å². The van der Waals surface area contributed by atoms with Crippen LogP contribution < -0.4 is 9.47 Å².